The van der Waals surface area contributed by atoms with Crippen LogP contribution in [0, 0.1) is 27.7 Å². The number of guanidine groups is 2. The average Bonchev–Trinajstić information content (AvgIpc) is 3.70. The van der Waals surface area contributed by atoms with E-state index in [-0.39, 0.29) is 34.8 Å². The van der Waals surface area contributed by atoms with Crippen molar-refractivity contribution in [2.45, 2.75) is 55.4 Å². The third-order valence-electron chi connectivity index (χ3n) is 7.40. The second kappa shape index (κ2) is 19.6. The molecule has 2 aromatic heterocycles. The molecule has 2 aromatic carbocycles. The number of nitrogens with zero attached hydrogens (tertiary/aromatic N) is 4. The van der Waals surface area contributed by atoms with Gasteiger partial charge in [-0.15, -0.1) is 0 Å². The maximum absolute atomic E-state index is 13.2. The van der Waals surface area contributed by atoms with Crippen molar-refractivity contribution in [3.63, 3.8) is 0 Å². The van der Waals surface area contributed by atoms with Crippen LogP contribution in [0.2, 0.25) is 0 Å². The van der Waals surface area contributed by atoms with Gasteiger partial charge in [0.2, 0.25) is 11.9 Å². The molecular formula is C33H46N10O4S4. The molecule has 18 heteroatoms. The van der Waals surface area contributed by atoms with Gasteiger partial charge < -0.3 is 20.6 Å². The molecule has 4 rings (SSSR count). The number of benzene rings is 2. The minimum absolute atomic E-state index is 0.124. The van der Waals surface area contributed by atoms with Crippen molar-refractivity contribution in [2.24, 2.45) is 9.98 Å². The topological polar surface area (TPSA) is 198 Å². The molecule has 0 aliphatic rings. The van der Waals surface area contributed by atoms with Gasteiger partial charge in [-0.2, -0.15) is 23.5 Å². The second-order valence-electron chi connectivity index (χ2n) is 11.6. The number of thioether (sulfide) groups is 2. The normalized spacial score (nSPS) is 12.5. The maximum atomic E-state index is 13.2. The quantitative estimate of drug-likeness (QED) is 0.0492. The number of rotatable bonds is 18. The molecule has 0 radical (unpaired) electrons. The van der Waals surface area contributed by atoms with Crippen molar-refractivity contribution in [1.29, 1.82) is 0 Å². The van der Waals surface area contributed by atoms with Gasteiger partial charge >= 0.3 is 0 Å². The summed E-state index contributed by atoms with van der Waals surface area (Å²) in [5.74, 6) is 3.08. The van der Waals surface area contributed by atoms with Crippen LogP contribution in [0.25, 0.3) is 0 Å². The van der Waals surface area contributed by atoms with Gasteiger partial charge in [-0.3, -0.25) is 9.98 Å². The summed E-state index contributed by atoms with van der Waals surface area (Å²) in [6, 6.07) is 13.2. The lowest BCUT2D eigenvalue weighted by Gasteiger charge is -2.14. The van der Waals surface area contributed by atoms with Crippen LogP contribution < -0.4 is 20.1 Å². The number of aromatic nitrogens is 4. The fourth-order valence-electron chi connectivity index (χ4n) is 4.39. The zero-order chi connectivity index (χ0) is 36.7. The highest BCUT2D eigenvalue weighted by molar-refractivity contribution is 7.98. The van der Waals surface area contributed by atoms with Crippen LogP contribution in [0.5, 0.6) is 0 Å². The van der Waals surface area contributed by atoms with Gasteiger partial charge in [0, 0.05) is 60.6 Å². The van der Waals surface area contributed by atoms with Crippen LogP contribution in [-0.4, -0.2) is 86.4 Å². The number of imidazole rings is 2. The Balaban J connectivity index is 1.38. The van der Waals surface area contributed by atoms with E-state index in [1.165, 1.54) is 0 Å². The summed E-state index contributed by atoms with van der Waals surface area (Å²) in [6.45, 7) is 9.12. The first-order valence-electron chi connectivity index (χ1n) is 16.3. The van der Waals surface area contributed by atoms with Gasteiger partial charge in [0.05, 0.1) is 33.8 Å². The van der Waals surface area contributed by atoms with Crippen molar-refractivity contribution < 1.29 is 16.8 Å². The molecule has 51 heavy (non-hydrogen) atoms. The Morgan fingerprint density at radius 2 is 1.04 bits per heavy atom. The second-order valence-corrected chi connectivity index (χ2v) is 17.1. The van der Waals surface area contributed by atoms with Crippen LogP contribution in [0.15, 0.2) is 81.0 Å². The van der Waals surface area contributed by atoms with E-state index < -0.39 is 20.0 Å². The molecular weight excluding hydrogens is 729 g/mol. The van der Waals surface area contributed by atoms with E-state index >= 15 is 0 Å². The standard InChI is InChI=1S/C33H46N10O4S4/c1-24-6-10-28(11-7-24)50(44,45)42-32(36-16-18-48-20-30-26(3)38-22-40-30)34-14-5-15-35-33(37-17-19-49-21-31-27(4)39-23-41-31)43-51(46,47)29-12-8-25(2)9-13-29/h6-13,22-23H,5,14-21H2,1-4H3,(H,38,40)(H,39,41)(H2,34,36,42)(H2,35,37,43). The molecule has 0 atom stereocenters. The van der Waals surface area contributed by atoms with Gasteiger partial charge in [0.1, 0.15) is 0 Å². The predicted octanol–water partition coefficient (Wildman–Crippen LogP) is 3.77. The number of H-pyrrole nitrogens is 2. The minimum Gasteiger partial charge on any atom is -0.355 e. The molecule has 0 spiro atoms. The number of aliphatic imine (C=N–C) groups is 2. The van der Waals surface area contributed by atoms with Gasteiger partial charge in [-0.05, 0) is 58.4 Å². The molecule has 0 amide bonds. The number of nitrogens with one attached hydrogen (secondary N) is 6. The third-order valence-corrected chi connectivity index (χ3v) is 12.1. The zero-order valence-electron chi connectivity index (χ0n) is 29.2. The van der Waals surface area contributed by atoms with Crippen LogP contribution >= 0.6 is 23.5 Å². The zero-order valence-corrected chi connectivity index (χ0v) is 32.5. The summed E-state index contributed by atoms with van der Waals surface area (Å²) in [4.78, 5) is 24.0. The van der Waals surface area contributed by atoms with E-state index in [0.717, 1.165) is 45.4 Å². The molecule has 0 aliphatic heterocycles. The van der Waals surface area contributed by atoms with Crippen LogP contribution in [-0.2, 0) is 31.6 Å². The Morgan fingerprint density at radius 1 is 0.647 bits per heavy atom. The number of hydrogen-bond donors (Lipinski definition) is 6. The van der Waals surface area contributed by atoms with E-state index in [1.807, 2.05) is 27.7 Å². The summed E-state index contributed by atoms with van der Waals surface area (Å²) < 4.78 is 57.8. The summed E-state index contributed by atoms with van der Waals surface area (Å²) >= 11 is 3.33. The molecule has 0 aliphatic carbocycles. The minimum atomic E-state index is -3.88. The molecule has 0 saturated carbocycles. The first kappa shape index (κ1) is 39.8. The van der Waals surface area contributed by atoms with Crippen LogP contribution in [0.1, 0.15) is 40.3 Å². The van der Waals surface area contributed by atoms with Gasteiger partial charge in [0.25, 0.3) is 20.0 Å². The highest BCUT2D eigenvalue weighted by Gasteiger charge is 2.18. The van der Waals surface area contributed by atoms with Crippen molar-refractivity contribution in [3.05, 3.63) is 95.1 Å². The summed E-state index contributed by atoms with van der Waals surface area (Å²) in [5, 5.41) is 6.24. The molecule has 0 fully saturated rings. The lowest BCUT2D eigenvalue weighted by atomic mass is 10.2. The van der Waals surface area contributed by atoms with E-state index in [1.54, 1.807) is 84.7 Å². The van der Waals surface area contributed by atoms with Gasteiger partial charge in [-0.1, -0.05) is 35.4 Å². The highest BCUT2D eigenvalue weighted by atomic mass is 32.2. The molecule has 2 heterocycles. The van der Waals surface area contributed by atoms with E-state index in [9.17, 15) is 16.8 Å². The Morgan fingerprint density at radius 3 is 1.39 bits per heavy atom. The van der Waals surface area contributed by atoms with Crippen molar-refractivity contribution in [2.75, 3.05) is 37.7 Å². The van der Waals surface area contributed by atoms with Crippen LogP contribution in [0.4, 0.5) is 0 Å². The Hall–Kier alpha value is -4.00. The third kappa shape index (κ3) is 13.2. The molecule has 0 unspecified atom stereocenters. The maximum Gasteiger partial charge on any atom is 0.264 e. The lowest BCUT2D eigenvalue weighted by molar-refractivity contribution is 0.589. The molecule has 0 saturated heterocycles. The van der Waals surface area contributed by atoms with E-state index in [0.29, 0.717) is 31.0 Å². The fourth-order valence-corrected chi connectivity index (χ4v) is 8.15. The summed E-state index contributed by atoms with van der Waals surface area (Å²) in [7, 11) is -7.77. The van der Waals surface area contributed by atoms with E-state index in [4.69, 9.17) is 0 Å². The van der Waals surface area contributed by atoms with Crippen molar-refractivity contribution in [1.82, 2.24) is 40.0 Å². The number of aromatic amines is 2. The number of hydrogen-bond acceptors (Lipinski definition) is 10. The Labute approximate surface area is 309 Å². The highest BCUT2D eigenvalue weighted by Crippen LogP contribution is 2.14. The SMILES string of the molecule is Cc1ccc(S(=O)(=O)NC(=NCCCN=C(NCCSCc2nc[nH]c2C)NS(=O)(=O)c2ccc(C)cc2)NCCSCc2nc[nH]c2C)cc1. The fraction of sp³-hybridized carbons (Fsp3) is 0.394. The van der Waals surface area contributed by atoms with E-state index in [2.05, 4.69) is 50.0 Å². The molecule has 6 N–H and O–H groups in total. The molecule has 14 nitrogen and oxygen atoms in total. The molecule has 4 aromatic rings. The molecule has 276 valence electrons. The lowest BCUT2D eigenvalue weighted by Crippen LogP contribution is -2.42. The largest absolute Gasteiger partial charge is 0.355 e. The van der Waals surface area contributed by atoms with Crippen molar-refractivity contribution >= 4 is 55.5 Å². The summed E-state index contributed by atoms with van der Waals surface area (Å²) in [6.07, 6.45) is 3.76. The summed E-state index contributed by atoms with van der Waals surface area (Å²) in [5.41, 5.74) is 5.89. The Kier molecular flexibility index (Phi) is 15.3. The van der Waals surface area contributed by atoms with Gasteiger partial charge in [0.15, 0.2) is 0 Å². The first-order chi connectivity index (χ1) is 24.4. The monoisotopic (exact) mass is 774 g/mol. The first-order valence-corrected chi connectivity index (χ1v) is 21.6. The predicted molar refractivity (Wildman–Crippen MR) is 207 cm³/mol. The van der Waals surface area contributed by atoms with Crippen LogP contribution in [0.3, 0.4) is 0 Å². The Bertz CT molecular complexity index is 1820. The smallest absolute Gasteiger partial charge is 0.264 e. The average molecular weight is 775 g/mol. The van der Waals surface area contributed by atoms with Crippen molar-refractivity contribution in [3.8, 4) is 0 Å². The number of aryl methyl sites for hydroxylation is 4. The number of sulfonamides is 2. The van der Waals surface area contributed by atoms with Gasteiger partial charge in [-0.25, -0.2) is 36.2 Å². The molecule has 0 bridgehead atoms.